The molecule has 1 aliphatic rings. The molecule has 6 heteroatoms. The summed E-state index contributed by atoms with van der Waals surface area (Å²) < 4.78 is 1.63. The van der Waals surface area contributed by atoms with Crippen molar-refractivity contribution in [2.75, 3.05) is 6.54 Å². The van der Waals surface area contributed by atoms with E-state index in [1.165, 1.54) is 5.56 Å². The minimum absolute atomic E-state index is 0.0357. The van der Waals surface area contributed by atoms with Crippen LogP contribution < -0.4 is 0 Å². The van der Waals surface area contributed by atoms with Crippen LogP contribution in [0.5, 0.6) is 0 Å². The van der Waals surface area contributed by atoms with Crippen LogP contribution in [0.15, 0.2) is 61.2 Å². The molecule has 1 fully saturated rings. The van der Waals surface area contributed by atoms with Gasteiger partial charge in [-0.05, 0) is 30.9 Å². The Morgan fingerprint density at radius 2 is 2.04 bits per heavy atom. The molecule has 2 atom stereocenters. The van der Waals surface area contributed by atoms with Crippen LogP contribution in [0, 0.1) is 0 Å². The van der Waals surface area contributed by atoms with Crippen LogP contribution in [0.1, 0.15) is 48.2 Å². The summed E-state index contributed by atoms with van der Waals surface area (Å²) in [5.41, 5.74) is 1.69. The molecule has 1 amide bonds. The highest BCUT2D eigenvalue weighted by atomic mass is 16.2. The van der Waals surface area contributed by atoms with Gasteiger partial charge in [0.1, 0.15) is 5.69 Å². The van der Waals surface area contributed by atoms with Gasteiger partial charge in [0.05, 0.1) is 12.4 Å². The fraction of sp³-hybridized carbons (Fsp3) is 0.333. The van der Waals surface area contributed by atoms with Gasteiger partial charge in [-0.1, -0.05) is 37.3 Å². The zero-order chi connectivity index (χ0) is 18.6. The van der Waals surface area contributed by atoms with Gasteiger partial charge in [-0.25, -0.2) is 14.6 Å². The Bertz CT molecular complexity index is 877. The van der Waals surface area contributed by atoms with E-state index in [-0.39, 0.29) is 11.9 Å². The van der Waals surface area contributed by atoms with Gasteiger partial charge in [0.25, 0.3) is 5.91 Å². The van der Waals surface area contributed by atoms with Crippen molar-refractivity contribution in [3.63, 3.8) is 0 Å². The van der Waals surface area contributed by atoms with E-state index >= 15 is 0 Å². The third-order valence-electron chi connectivity index (χ3n) is 5.29. The number of likely N-dealkylation sites (tertiary alicyclic amines) is 1. The Morgan fingerprint density at radius 1 is 1.19 bits per heavy atom. The van der Waals surface area contributed by atoms with Crippen LogP contribution in [-0.2, 0) is 0 Å². The first kappa shape index (κ1) is 17.4. The first-order chi connectivity index (χ1) is 13.3. The average molecular weight is 361 g/mol. The van der Waals surface area contributed by atoms with E-state index in [1.807, 2.05) is 17.0 Å². The maximum absolute atomic E-state index is 13.1. The Balaban J connectivity index is 1.55. The Kier molecular flexibility index (Phi) is 4.96. The molecule has 0 spiro atoms. The maximum Gasteiger partial charge on any atom is 0.274 e. The van der Waals surface area contributed by atoms with Crippen LogP contribution in [0.4, 0.5) is 0 Å². The van der Waals surface area contributed by atoms with Crippen molar-refractivity contribution in [3.8, 4) is 5.82 Å². The van der Waals surface area contributed by atoms with Gasteiger partial charge in [0.15, 0.2) is 5.82 Å². The lowest BCUT2D eigenvalue weighted by Crippen LogP contribution is -2.39. The third-order valence-corrected chi connectivity index (χ3v) is 5.29. The number of hydrogen-bond donors (Lipinski definition) is 0. The topological polar surface area (TPSA) is 63.9 Å². The number of amides is 1. The molecule has 0 aliphatic carbocycles. The Morgan fingerprint density at radius 3 is 2.70 bits per heavy atom. The second kappa shape index (κ2) is 7.70. The molecule has 1 saturated heterocycles. The van der Waals surface area contributed by atoms with Crippen molar-refractivity contribution in [2.24, 2.45) is 0 Å². The summed E-state index contributed by atoms with van der Waals surface area (Å²) in [6, 6.07) is 12.5. The van der Waals surface area contributed by atoms with Gasteiger partial charge in [0.2, 0.25) is 0 Å². The standard InChI is InChI=1S/C21H23N5O/c1-2-17(16-8-4-3-5-9-16)19-10-6-12-25(19)21(27)18-14-23-20(15-22-18)26-13-7-11-24-26/h3-5,7-9,11,13-15,17,19H,2,6,10,12H2,1H3/t17-,19+/m1/s1. The highest BCUT2D eigenvalue weighted by Crippen LogP contribution is 2.34. The van der Waals surface area contributed by atoms with Gasteiger partial charge >= 0.3 is 0 Å². The maximum atomic E-state index is 13.1. The molecule has 1 aliphatic heterocycles. The molecule has 0 unspecified atom stereocenters. The van der Waals surface area contributed by atoms with Crippen molar-refractivity contribution in [1.29, 1.82) is 0 Å². The molecule has 3 aromatic rings. The summed E-state index contributed by atoms with van der Waals surface area (Å²) in [4.78, 5) is 23.8. The molecule has 1 aromatic carbocycles. The predicted molar refractivity (Wildman–Crippen MR) is 103 cm³/mol. The zero-order valence-corrected chi connectivity index (χ0v) is 15.4. The van der Waals surface area contributed by atoms with E-state index in [9.17, 15) is 4.79 Å². The quantitative estimate of drug-likeness (QED) is 0.698. The smallest absolute Gasteiger partial charge is 0.274 e. The van der Waals surface area contributed by atoms with Crippen LogP contribution in [0.2, 0.25) is 0 Å². The second-order valence-electron chi connectivity index (χ2n) is 6.84. The van der Waals surface area contributed by atoms with Crippen LogP contribution >= 0.6 is 0 Å². The number of rotatable bonds is 5. The van der Waals surface area contributed by atoms with Crippen molar-refractivity contribution in [1.82, 2.24) is 24.6 Å². The van der Waals surface area contributed by atoms with E-state index in [1.54, 1.807) is 29.5 Å². The highest BCUT2D eigenvalue weighted by Gasteiger charge is 2.35. The number of carbonyl (C=O) groups is 1. The van der Waals surface area contributed by atoms with E-state index < -0.39 is 0 Å². The van der Waals surface area contributed by atoms with Gasteiger partial charge in [-0.2, -0.15) is 5.10 Å². The number of aromatic nitrogens is 4. The zero-order valence-electron chi connectivity index (χ0n) is 15.4. The lowest BCUT2D eigenvalue weighted by Gasteiger charge is -2.31. The van der Waals surface area contributed by atoms with E-state index in [0.29, 0.717) is 17.4 Å². The molecule has 0 saturated carbocycles. The second-order valence-corrected chi connectivity index (χ2v) is 6.84. The summed E-state index contributed by atoms with van der Waals surface area (Å²) in [6.45, 7) is 2.97. The molecule has 3 heterocycles. The van der Waals surface area contributed by atoms with Gasteiger partial charge in [-0.3, -0.25) is 4.79 Å². The van der Waals surface area contributed by atoms with Crippen LogP contribution in [0.25, 0.3) is 5.82 Å². The fourth-order valence-corrected chi connectivity index (χ4v) is 3.99. The van der Waals surface area contributed by atoms with Gasteiger partial charge in [-0.15, -0.1) is 0 Å². The van der Waals surface area contributed by atoms with Gasteiger partial charge in [0, 0.05) is 30.9 Å². The minimum atomic E-state index is -0.0357. The van der Waals surface area contributed by atoms with Crippen molar-refractivity contribution < 1.29 is 4.79 Å². The van der Waals surface area contributed by atoms with Crippen LogP contribution in [0.3, 0.4) is 0 Å². The lowest BCUT2D eigenvalue weighted by molar-refractivity contribution is 0.0708. The molecule has 0 bridgehead atoms. The molecule has 138 valence electrons. The summed E-state index contributed by atoms with van der Waals surface area (Å²) in [6.07, 6.45) is 9.69. The SMILES string of the molecule is CC[C@H](c1ccccc1)[C@@H]1CCCN1C(=O)c1cnc(-n2cccn2)cn1. The normalized spacial score (nSPS) is 17.8. The van der Waals surface area contributed by atoms with Gasteiger partial charge < -0.3 is 4.90 Å². The number of nitrogens with zero attached hydrogens (tertiary/aromatic N) is 5. The molecule has 6 nitrogen and oxygen atoms in total. The summed E-state index contributed by atoms with van der Waals surface area (Å²) in [7, 11) is 0. The Labute approximate surface area is 158 Å². The molecule has 0 radical (unpaired) electrons. The molecular weight excluding hydrogens is 338 g/mol. The van der Waals surface area contributed by atoms with Crippen LogP contribution in [-0.4, -0.2) is 43.1 Å². The van der Waals surface area contributed by atoms with E-state index in [0.717, 1.165) is 25.8 Å². The predicted octanol–water partition coefficient (Wildman–Crippen LogP) is 3.46. The number of benzene rings is 1. The van der Waals surface area contributed by atoms with Crippen molar-refractivity contribution >= 4 is 5.91 Å². The van der Waals surface area contributed by atoms with E-state index in [2.05, 4.69) is 46.3 Å². The lowest BCUT2D eigenvalue weighted by atomic mass is 9.87. The highest BCUT2D eigenvalue weighted by molar-refractivity contribution is 5.92. The number of carbonyl (C=O) groups excluding carboxylic acids is 1. The van der Waals surface area contributed by atoms with Crippen molar-refractivity contribution in [2.45, 2.75) is 38.1 Å². The fourth-order valence-electron chi connectivity index (χ4n) is 3.99. The third kappa shape index (κ3) is 3.47. The Hall–Kier alpha value is -3.02. The molecule has 2 aromatic heterocycles. The van der Waals surface area contributed by atoms with E-state index in [4.69, 9.17) is 0 Å². The van der Waals surface area contributed by atoms with Crippen molar-refractivity contribution in [3.05, 3.63) is 72.4 Å². The average Bonchev–Trinajstić information content (AvgIpc) is 3.42. The first-order valence-electron chi connectivity index (χ1n) is 9.46. The monoisotopic (exact) mass is 361 g/mol. The molecule has 4 rings (SSSR count). The minimum Gasteiger partial charge on any atom is -0.334 e. The first-order valence-corrected chi connectivity index (χ1v) is 9.46. The summed E-state index contributed by atoms with van der Waals surface area (Å²) in [5, 5.41) is 4.14. The molecule has 27 heavy (non-hydrogen) atoms. The number of hydrogen-bond acceptors (Lipinski definition) is 4. The summed E-state index contributed by atoms with van der Waals surface area (Å²) >= 11 is 0. The largest absolute Gasteiger partial charge is 0.334 e. The summed E-state index contributed by atoms with van der Waals surface area (Å²) in [5.74, 6) is 0.908. The molecule has 0 N–H and O–H groups in total. The molecular formula is C21H23N5O.